The maximum atomic E-state index is 12.3. The van der Waals surface area contributed by atoms with Crippen molar-refractivity contribution in [1.29, 1.82) is 0 Å². The van der Waals surface area contributed by atoms with E-state index in [1.165, 1.54) is 6.07 Å². The monoisotopic (exact) mass is 291 g/mol. The zero-order chi connectivity index (χ0) is 14.9. The van der Waals surface area contributed by atoms with E-state index in [0.717, 1.165) is 16.7 Å². The molecule has 0 amide bonds. The Morgan fingerprint density at radius 1 is 0.950 bits per heavy atom. The highest BCUT2D eigenvalue weighted by molar-refractivity contribution is 7.92. The van der Waals surface area contributed by atoms with Gasteiger partial charge in [0, 0.05) is 0 Å². The maximum absolute atomic E-state index is 12.3. The Labute approximate surface area is 119 Å². The van der Waals surface area contributed by atoms with Gasteiger partial charge in [-0.15, -0.1) is 0 Å². The molecule has 0 aromatic heterocycles. The van der Waals surface area contributed by atoms with Crippen molar-refractivity contribution in [3.63, 3.8) is 0 Å². The molecule has 106 valence electrons. The van der Waals surface area contributed by atoms with Crippen molar-refractivity contribution in [2.75, 3.05) is 4.72 Å². The number of phenolic OH excluding ortho intramolecular Hbond substituents is 1. The molecule has 0 fully saturated rings. The third-order valence-corrected chi connectivity index (χ3v) is 4.55. The van der Waals surface area contributed by atoms with Crippen LogP contribution in [-0.2, 0) is 10.0 Å². The summed E-state index contributed by atoms with van der Waals surface area (Å²) >= 11 is 0. The molecule has 20 heavy (non-hydrogen) atoms. The number of benzene rings is 2. The number of hydrogen-bond donors (Lipinski definition) is 2. The lowest BCUT2D eigenvalue weighted by molar-refractivity contribution is 0.477. The Balaban J connectivity index is 2.40. The van der Waals surface area contributed by atoms with Crippen molar-refractivity contribution in [2.24, 2.45) is 0 Å². The minimum Gasteiger partial charge on any atom is -0.506 e. The number of anilines is 1. The molecule has 0 heterocycles. The quantitative estimate of drug-likeness (QED) is 0.854. The molecule has 2 aromatic carbocycles. The summed E-state index contributed by atoms with van der Waals surface area (Å²) in [5.74, 6) is -0.0944. The van der Waals surface area contributed by atoms with Crippen molar-refractivity contribution in [1.82, 2.24) is 0 Å². The van der Waals surface area contributed by atoms with E-state index in [4.69, 9.17) is 0 Å². The summed E-state index contributed by atoms with van der Waals surface area (Å²) < 4.78 is 27.0. The van der Waals surface area contributed by atoms with Crippen molar-refractivity contribution in [3.05, 3.63) is 53.1 Å². The molecule has 4 nitrogen and oxygen atoms in total. The van der Waals surface area contributed by atoms with Gasteiger partial charge in [-0.05, 0) is 61.7 Å². The first-order chi connectivity index (χ1) is 9.29. The van der Waals surface area contributed by atoms with E-state index in [9.17, 15) is 13.5 Å². The highest BCUT2D eigenvalue weighted by Gasteiger charge is 2.16. The predicted molar refractivity (Wildman–Crippen MR) is 79.6 cm³/mol. The summed E-state index contributed by atoms with van der Waals surface area (Å²) in [7, 11) is -3.70. The first-order valence-electron chi connectivity index (χ1n) is 6.19. The van der Waals surface area contributed by atoms with Gasteiger partial charge in [0.2, 0.25) is 0 Å². The Kier molecular flexibility index (Phi) is 3.72. The standard InChI is InChI=1S/C15H17NO3S/c1-10-4-7-15(17)14(8-10)16-20(18,19)13-6-5-11(2)12(3)9-13/h4-9,16-17H,1-3H3. The van der Waals surface area contributed by atoms with Gasteiger partial charge >= 0.3 is 0 Å². The second-order valence-electron chi connectivity index (χ2n) is 4.87. The van der Waals surface area contributed by atoms with E-state index < -0.39 is 10.0 Å². The molecule has 5 heteroatoms. The van der Waals surface area contributed by atoms with Gasteiger partial charge in [-0.1, -0.05) is 12.1 Å². The SMILES string of the molecule is Cc1ccc(O)c(NS(=O)(=O)c2ccc(C)c(C)c2)c1. The fraction of sp³-hybridized carbons (Fsp3) is 0.200. The smallest absolute Gasteiger partial charge is 0.262 e. The van der Waals surface area contributed by atoms with Crippen LogP contribution in [0, 0.1) is 20.8 Å². The average Bonchev–Trinajstić information content (AvgIpc) is 2.36. The molecular weight excluding hydrogens is 274 g/mol. The molecule has 0 aliphatic carbocycles. The van der Waals surface area contributed by atoms with Crippen LogP contribution >= 0.6 is 0 Å². The minimum atomic E-state index is -3.70. The summed E-state index contributed by atoms with van der Waals surface area (Å²) in [5, 5.41) is 9.72. The molecule has 0 bridgehead atoms. The van der Waals surface area contributed by atoms with Crippen LogP contribution in [0.4, 0.5) is 5.69 Å². The van der Waals surface area contributed by atoms with Crippen molar-refractivity contribution >= 4 is 15.7 Å². The second-order valence-corrected chi connectivity index (χ2v) is 6.55. The third-order valence-electron chi connectivity index (χ3n) is 3.19. The number of aromatic hydroxyl groups is 1. The van der Waals surface area contributed by atoms with Crippen LogP contribution in [-0.4, -0.2) is 13.5 Å². The van der Waals surface area contributed by atoms with Crippen LogP contribution in [0.5, 0.6) is 5.75 Å². The van der Waals surface area contributed by atoms with Gasteiger partial charge in [0.05, 0.1) is 10.6 Å². The summed E-state index contributed by atoms with van der Waals surface area (Å²) in [6.07, 6.45) is 0. The van der Waals surface area contributed by atoms with Crippen molar-refractivity contribution in [2.45, 2.75) is 25.7 Å². The number of rotatable bonds is 3. The molecule has 0 spiro atoms. The average molecular weight is 291 g/mol. The van der Waals surface area contributed by atoms with E-state index in [1.807, 2.05) is 20.8 Å². The van der Waals surface area contributed by atoms with Crippen LogP contribution in [0.2, 0.25) is 0 Å². The normalized spacial score (nSPS) is 11.3. The van der Waals surface area contributed by atoms with Crippen LogP contribution in [0.1, 0.15) is 16.7 Å². The highest BCUT2D eigenvalue weighted by atomic mass is 32.2. The summed E-state index contributed by atoms with van der Waals surface area (Å²) in [6, 6.07) is 9.70. The minimum absolute atomic E-state index is 0.0944. The van der Waals surface area contributed by atoms with E-state index in [-0.39, 0.29) is 16.3 Å². The highest BCUT2D eigenvalue weighted by Crippen LogP contribution is 2.27. The molecule has 2 rings (SSSR count). The molecule has 2 N–H and O–H groups in total. The van der Waals surface area contributed by atoms with E-state index in [0.29, 0.717) is 0 Å². The van der Waals surface area contributed by atoms with Crippen LogP contribution in [0.25, 0.3) is 0 Å². The lowest BCUT2D eigenvalue weighted by Gasteiger charge is -2.11. The van der Waals surface area contributed by atoms with Gasteiger partial charge in [0.1, 0.15) is 5.75 Å². The molecule has 0 radical (unpaired) electrons. The molecule has 0 saturated carbocycles. The molecule has 2 aromatic rings. The van der Waals surface area contributed by atoms with E-state index >= 15 is 0 Å². The van der Waals surface area contributed by atoms with Crippen LogP contribution < -0.4 is 4.72 Å². The van der Waals surface area contributed by atoms with Crippen molar-refractivity contribution < 1.29 is 13.5 Å². The number of nitrogens with one attached hydrogen (secondary N) is 1. The van der Waals surface area contributed by atoms with Crippen LogP contribution in [0.15, 0.2) is 41.3 Å². The van der Waals surface area contributed by atoms with E-state index in [1.54, 1.807) is 30.3 Å². The van der Waals surface area contributed by atoms with E-state index in [2.05, 4.69) is 4.72 Å². The molecular formula is C15H17NO3S. The van der Waals surface area contributed by atoms with Gasteiger partial charge in [0.25, 0.3) is 10.0 Å². The Bertz CT molecular complexity index is 752. The molecule has 0 atom stereocenters. The van der Waals surface area contributed by atoms with Gasteiger partial charge in [-0.25, -0.2) is 8.42 Å². The summed E-state index contributed by atoms with van der Waals surface area (Å²) in [6.45, 7) is 5.61. The number of sulfonamides is 1. The predicted octanol–water partition coefficient (Wildman–Crippen LogP) is 3.12. The summed E-state index contributed by atoms with van der Waals surface area (Å²) in [5.41, 5.74) is 2.98. The fourth-order valence-corrected chi connectivity index (χ4v) is 2.97. The Morgan fingerprint density at radius 2 is 1.65 bits per heavy atom. The fourth-order valence-electron chi connectivity index (χ4n) is 1.82. The number of hydrogen-bond acceptors (Lipinski definition) is 3. The zero-order valence-electron chi connectivity index (χ0n) is 11.6. The largest absolute Gasteiger partial charge is 0.506 e. The van der Waals surface area contributed by atoms with Crippen molar-refractivity contribution in [3.8, 4) is 5.75 Å². The Hall–Kier alpha value is -2.01. The number of aryl methyl sites for hydroxylation is 3. The van der Waals surface area contributed by atoms with Gasteiger partial charge in [0.15, 0.2) is 0 Å². The Morgan fingerprint density at radius 3 is 2.30 bits per heavy atom. The maximum Gasteiger partial charge on any atom is 0.262 e. The van der Waals surface area contributed by atoms with Gasteiger partial charge in [-0.3, -0.25) is 4.72 Å². The molecule has 0 aliphatic heterocycles. The third kappa shape index (κ3) is 2.93. The topological polar surface area (TPSA) is 66.4 Å². The second kappa shape index (κ2) is 5.17. The van der Waals surface area contributed by atoms with Gasteiger partial charge in [-0.2, -0.15) is 0 Å². The summed E-state index contributed by atoms with van der Waals surface area (Å²) in [4.78, 5) is 0.182. The zero-order valence-corrected chi connectivity index (χ0v) is 12.5. The lowest BCUT2D eigenvalue weighted by Crippen LogP contribution is -2.13. The molecule has 0 aliphatic rings. The number of phenols is 1. The first-order valence-corrected chi connectivity index (χ1v) is 7.67. The lowest BCUT2D eigenvalue weighted by atomic mass is 10.1. The molecule has 0 saturated heterocycles. The van der Waals surface area contributed by atoms with Crippen LogP contribution in [0.3, 0.4) is 0 Å². The molecule has 0 unspecified atom stereocenters. The van der Waals surface area contributed by atoms with Gasteiger partial charge < -0.3 is 5.11 Å². The first kappa shape index (κ1) is 14.4.